The SMILES string of the molecule is NC1=C(N)C(=O)CC(N)C1. The molecule has 0 amide bonds. The van der Waals surface area contributed by atoms with Crippen LogP contribution in [-0.4, -0.2) is 11.8 Å². The van der Waals surface area contributed by atoms with E-state index in [1.165, 1.54) is 0 Å². The standard InChI is InChI=1S/C6H11N3O/c7-3-1-4(8)6(9)5(10)2-3/h3H,1-2,7-9H2. The fourth-order valence-corrected chi connectivity index (χ4v) is 0.992. The Kier molecular flexibility index (Phi) is 1.63. The highest BCUT2D eigenvalue weighted by molar-refractivity contribution is 5.96. The van der Waals surface area contributed by atoms with Crippen molar-refractivity contribution in [2.75, 3.05) is 0 Å². The van der Waals surface area contributed by atoms with E-state index in [9.17, 15) is 4.79 Å². The van der Waals surface area contributed by atoms with Gasteiger partial charge in [0.1, 0.15) is 0 Å². The molecule has 1 atom stereocenters. The Morgan fingerprint density at radius 1 is 1.30 bits per heavy atom. The van der Waals surface area contributed by atoms with Crippen molar-refractivity contribution in [1.29, 1.82) is 0 Å². The lowest BCUT2D eigenvalue weighted by Crippen LogP contribution is -2.34. The first-order valence-electron chi connectivity index (χ1n) is 3.14. The topological polar surface area (TPSA) is 95.1 Å². The maximum Gasteiger partial charge on any atom is 0.181 e. The summed E-state index contributed by atoms with van der Waals surface area (Å²) < 4.78 is 0. The number of hydrogen-bond acceptors (Lipinski definition) is 4. The Hall–Kier alpha value is -1.03. The van der Waals surface area contributed by atoms with Crippen molar-refractivity contribution in [2.24, 2.45) is 17.2 Å². The molecule has 0 fully saturated rings. The van der Waals surface area contributed by atoms with Crippen LogP contribution in [0, 0.1) is 0 Å². The normalized spacial score (nSPS) is 27.3. The van der Waals surface area contributed by atoms with E-state index in [2.05, 4.69) is 0 Å². The van der Waals surface area contributed by atoms with E-state index in [-0.39, 0.29) is 17.5 Å². The molecule has 0 saturated heterocycles. The minimum absolute atomic E-state index is 0.128. The zero-order valence-corrected chi connectivity index (χ0v) is 5.63. The third kappa shape index (κ3) is 1.11. The molecular formula is C6H11N3O. The second kappa shape index (κ2) is 2.30. The smallest absolute Gasteiger partial charge is 0.181 e. The van der Waals surface area contributed by atoms with Gasteiger partial charge in [0, 0.05) is 24.6 Å². The molecule has 1 aliphatic rings. The lowest BCUT2D eigenvalue weighted by Gasteiger charge is -2.18. The van der Waals surface area contributed by atoms with Crippen molar-refractivity contribution in [2.45, 2.75) is 18.9 Å². The maximum atomic E-state index is 10.9. The van der Waals surface area contributed by atoms with E-state index >= 15 is 0 Å². The fourth-order valence-electron chi connectivity index (χ4n) is 0.992. The van der Waals surface area contributed by atoms with Crippen LogP contribution in [0.4, 0.5) is 0 Å². The highest BCUT2D eigenvalue weighted by Gasteiger charge is 2.21. The van der Waals surface area contributed by atoms with Crippen molar-refractivity contribution in [3.8, 4) is 0 Å². The Morgan fingerprint density at radius 2 is 1.90 bits per heavy atom. The van der Waals surface area contributed by atoms with Crippen LogP contribution in [0.2, 0.25) is 0 Å². The first-order chi connectivity index (χ1) is 4.61. The van der Waals surface area contributed by atoms with Crippen LogP contribution in [0.25, 0.3) is 0 Å². The van der Waals surface area contributed by atoms with E-state index in [1.807, 2.05) is 0 Å². The molecule has 0 aromatic carbocycles. The van der Waals surface area contributed by atoms with Gasteiger partial charge in [0.05, 0.1) is 5.70 Å². The van der Waals surface area contributed by atoms with Gasteiger partial charge >= 0.3 is 0 Å². The second-order valence-electron chi connectivity index (χ2n) is 2.53. The van der Waals surface area contributed by atoms with E-state index in [4.69, 9.17) is 17.2 Å². The van der Waals surface area contributed by atoms with Crippen LogP contribution in [0.1, 0.15) is 12.8 Å². The minimum Gasteiger partial charge on any atom is -0.400 e. The van der Waals surface area contributed by atoms with Crippen molar-refractivity contribution in [1.82, 2.24) is 0 Å². The quantitative estimate of drug-likeness (QED) is 0.395. The van der Waals surface area contributed by atoms with Gasteiger partial charge in [-0.1, -0.05) is 0 Å². The number of allylic oxidation sites excluding steroid dienone is 1. The Bertz CT molecular complexity index is 197. The van der Waals surface area contributed by atoms with Gasteiger partial charge in [-0.3, -0.25) is 4.79 Å². The number of ketones is 1. The summed E-state index contributed by atoms with van der Waals surface area (Å²) in [5, 5.41) is 0. The molecule has 0 aromatic rings. The van der Waals surface area contributed by atoms with Gasteiger partial charge in [-0.2, -0.15) is 0 Å². The zero-order chi connectivity index (χ0) is 7.72. The summed E-state index contributed by atoms with van der Waals surface area (Å²) in [6.45, 7) is 0. The first kappa shape index (κ1) is 7.08. The number of rotatable bonds is 0. The zero-order valence-electron chi connectivity index (χ0n) is 5.63. The van der Waals surface area contributed by atoms with Crippen molar-refractivity contribution in [3.05, 3.63) is 11.4 Å². The van der Waals surface area contributed by atoms with E-state index < -0.39 is 0 Å². The third-order valence-electron chi connectivity index (χ3n) is 1.58. The fraction of sp³-hybridized carbons (Fsp3) is 0.500. The molecule has 4 nitrogen and oxygen atoms in total. The van der Waals surface area contributed by atoms with Gasteiger partial charge in [0.25, 0.3) is 0 Å². The summed E-state index contributed by atoms with van der Waals surface area (Å²) >= 11 is 0. The highest BCUT2D eigenvalue weighted by atomic mass is 16.1. The molecule has 0 spiro atoms. The van der Waals surface area contributed by atoms with E-state index in [0.29, 0.717) is 18.5 Å². The van der Waals surface area contributed by atoms with Gasteiger partial charge in [-0.15, -0.1) is 0 Å². The predicted octanol–water partition coefficient (Wildman–Crippen LogP) is -1.19. The molecule has 0 aromatic heterocycles. The molecule has 0 radical (unpaired) electrons. The molecule has 4 heteroatoms. The summed E-state index contributed by atoms with van der Waals surface area (Å²) in [4.78, 5) is 10.9. The van der Waals surface area contributed by atoms with Gasteiger partial charge in [0.2, 0.25) is 0 Å². The number of nitrogens with two attached hydrogens (primary N) is 3. The molecular weight excluding hydrogens is 130 g/mol. The lowest BCUT2D eigenvalue weighted by molar-refractivity contribution is -0.116. The van der Waals surface area contributed by atoms with Crippen LogP contribution in [0.15, 0.2) is 11.4 Å². The van der Waals surface area contributed by atoms with Crippen molar-refractivity contribution in [3.63, 3.8) is 0 Å². The number of carbonyl (C=O) groups excluding carboxylic acids is 1. The molecule has 1 unspecified atom stereocenters. The molecule has 0 heterocycles. The van der Waals surface area contributed by atoms with Crippen LogP contribution >= 0.6 is 0 Å². The molecule has 0 bridgehead atoms. The van der Waals surface area contributed by atoms with Crippen molar-refractivity contribution >= 4 is 5.78 Å². The maximum absolute atomic E-state index is 10.9. The number of hydrogen-bond donors (Lipinski definition) is 3. The van der Waals surface area contributed by atoms with Gasteiger partial charge < -0.3 is 17.2 Å². The molecule has 0 saturated carbocycles. The summed E-state index contributed by atoms with van der Waals surface area (Å²) in [5.41, 5.74) is 16.9. The van der Waals surface area contributed by atoms with Crippen molar-refractivity contribution < 1.29 is 4.79 Å². The van der Waals surface area contributed by atoms with E-state index in [0.717, 1.165) is 0 Å². The molecule has 10 heavy (non-hydrogen) atoms. The largest absolute Gasteiger partial charge is 0.400 e. The lowest BCUT2D eigenvalue weighted by atomic mass is 9.97. The van der Waals surface area contributed by atoms with Crippen LogP contribution in [0.3, 0.4) is 0 Å². The van der Waals surface area contributed by atoms with Gasteiger partial charge in [-0.05, 0) is 0 Å². The Labute approximate surface area is 59.0 Å². The summed E-state index contributed by atoms with van der Waals surface area (Å²) in [6, 6.07) is -0.139. The monoisotopic (exact) mass is 141 g/mol. The Morgan fingerprint density at radius 3 is 2.40 bits per heavy atom. The average molecular weight is 141 g/mol. The summed E-state index contributed by atoms with van der Waals surface area (Å²) in [6.07, 6.45) is 0.865. The first-order valence-corrected chi connectivity index (χ1v) is 3.14. The minimum atomic E-state index is -0.139. The highest BCUT2D eigenvalue weighted by Crippen LogP contribution is 2.13. The third-order valence-corrected chi connectivity index (χ3v) is 1.58. The molecule has 1 aliphatic carbocycles. The molecule has 1 rings (SSSR count). The average Bonchev–Trinajstić information content (AvgIpc) is 1.82. The summed E-state index contributed by atoms with van der Waals surface area (Å²) in [5.74, 6) is -0.128. The summed E-state index contributed by atoms with van der Waals surface area (Å²) in [7, 11) is 0. The Balaban J connectivity index is 2.85. The predicted molar refractivity (Wildman–Crippen MR) is 37.6 cm³/mol. The molecule has 6 N–H and O–H groups in total. The van der Waals surface area contributed by atoms with Crippen LogP contribution < -0.4 is 17.2 Å². The van der Waals surface area contributed by atoms with Crippen LogP contribution in [0.5, 0.6) is 0 Å². The number of Topliss-reactive ketones (excluding diaryl/α,β-unsaturated/α-hetero) is 1. The molecule has 56 valence electrons. The number of carbonyl (C=O) groups is 1. The molecule has 0 aliphatic heterocycles. The van der Waals surface area contributed by atoms with Crippen LogP contribution in [-0.2, 0) is 4.79 Å². The second-order valence-corrected chi connectivity index (χ2v) is 2.53. The van der Waals surface area contributed by atoms with Gasteiger partial charge in [0.15, 0.2) is 5.78 Å². The van der Waals surface area contributed by atoms with E-state index in [1.54, 1.807) is 0 Å². The van der Waals surface area contributed by atoms with Gasteiger partial charge in [-0.25, -0.2) is 0 Å².